The van der Waals surface area contributed by atoms with Crippen LogP contribution in [0, 0.1) is 36.5 Å². The van der Waals surface area contributed by atoms with Gasteiger partial charge < -0.3 is 16.8 Å². The second-order valence-electron chi connectivity index (χ2n) is 8.00. The SMILES string of the molecule is Cc1ccc(NC(=O)CSC2=C(C(N)=O)C3(CCCCC3)C(C#N)C(N)=N2)cc1C. The summed E-state index contributed by atoms with van der Waals surface area (Å²) in [5.74, 6) is -1.22. The van der Waals surface area contributed by atoms with Gasteiger partial charge in [-0.1, -0.05) is 37.1 Å². The number of amides is 2. The summed E-state index contributed by atoms with van der Waals surface area (Å²) >= 11 is 1.14. The number of rotatable bonds is 5. The first-order valence-corrected chi connectivity index (χ1v) is 11.0. The minimum absolute atomic E-state index is 0.0586. The van der Waals surface area contributed by atoms with Crippen LogP contribution in [0.4, 0.5) is 5.69 Å². The number of carbonyl (C=O) groups excluding carboxylic acids is 2. The molecule has 1 aromatic rings. The van der Waals surface area contributed by atoms with Crippen molar-refractivity contribution in [2.75, 3.05) is 11.1 Å². The van der Waals surface area contributed by atoms with Crippen molar-refractivity contribution in [3.8, 4) is 6.07 Å². The molecule has 8 heteroatoms. The Morgan fingerprint density at radius 3 is 2.57 bits per heavy atom. The molecule has 1 atom stereocenters. The molecule has 1 fully saturated rings. The largest absolute Gasteiger partial charge is 0.386 e. The number of thioether (sulfide) groups is 1. The third-order valence-electron chi connectivity index (χ3n) is 6.04. The van der Waals surface area contributed by atoms with E-state index in [0.29, 0.717) is 29.1 Å². The van der Waals surface area contributed by atoms with E-state index in [0.717, 1.165) is 42.2 Å². The molecule has 5 N–H and O–H groups in total. The van der Waals surface area contributed by atoms with Gasteiger partial charge in [-0.05, 0) is 49.9 Å². The molecular weight excluding hydrogens is 398 g/mol. The molecule has 0 saturated heterocycles. The first-order chi connectivity index (χ1) is 14.3. The van der Waals surface area contributed by atoms with Crippen LogP contribution >= 0.6 is 11.8 Å². The van der Waals surface area contributed by atoms with Gasteiger partial charge in [0, 0.05) is 11.1 Å². The van der Waals surface area contributed by atoms with Crippen LogP contribution in [0.3, 0.4) is 0 Å². The third-order valence-corrected chi connectivity index (χ3v) is 7.02. The highest BCUT2D eigenvalue weighted by Gasteiger charge is 2.50. The number of nitrogens with one attached hydrogen (secondary N) is 1. The van der Waals surface area contributed by atoms with Gasteiger partial charge in [0.15, 0.2) is 0 Å². The van der Waals surface area contributed by atoms with Crippen LogP contribution in [0.2, 0.25) is 0 Å². The summed E-state index contributed by atoms with van der Waals surface area (Å²) in [6.45, 7) is 3.99. The van der Waals surface area contributed by atoms with Crippen LogP contribution in [0.15, 0.2) is 33.8 Å². The third kappa shape index (κ3) is 4.21. The van der Waals surface area contributed by atoms with Gasteiger partial charge in [-0.25, -0.2) is 4.99 Å². The highest BCUT2D eigenvalue weighted by Crippen LogP contribution is 2.52. The van der Waals surface area contributed by atoms with E-state index < -0.39 is 17.2 Å². The highest BCUT2D eigenvalue weighted by atomic mass is 32.2. The lowest BCUT2D eigenvalue weighted by Gasteiger charge is -2.43. The van der Waals surface area contributed by atoms with Crippen molar-refractivity contribution in [1.29, 1.82) is 5.26 Å². The van der Waals surface area contributed by atoms with Crippen molar-refractivity contribution in [2.45, 2.75) is 46.0 Å². The van der Waals surface area contributed by atoms with Gasteiger partial charge in [0.2, 0.25) is 11.8 Å². The maximum Gasteiger partial charge on any atom is 0.247 e. The summed E-state index contributed by atoms with van der Waals surface area (Å²) in [5.41, 5.74) is 14.5. The number of nitrogens with two attached hydrogens (primary N) is 2. The van der Waals surface area contributed by atoms with Crippen molar-refractivity contribution in [3.63, 3.8) is 0 Å². The number of nitrogens with zero attached hydrogens (tertiary/aromatic N) is 2. The first-order valence-electron chi connectivity index (χ1n) is 10.1. The van der Waals surface area contributed by atoms with E-state index in [9.17, 15) is 14.9 Å². The molecule has 0 bridgehead atoms. The summed E-state index contributed by atoms with van der Waals surface area (Å²) in [5, 5.41) is 13.0. The fraction of sp³-hybridized carbons (Fsp3) is 0.455. The van der Waals surface area contributed by atoms with Gasteiger partial charge in [0.05, 0.1) is 17.4 Å². The normalized spacial score (nSPS) is 20.4. The maximum absolute atomic E-state index is 12.5. The Morgan fingerprint density at radius 2 is 1.97 bits per heavy atom. The standard InChI is InChI=1S/C22H27N5O2S/c1-13-6-7-15(10-14(13)2)26-17(28)12-30-21-18(20(25)29)22(8-4-3-5-9-22)16(11-23)19(24)27-21/h6-7,10,16H,3-5,8-9,12H2,1-2H3,(H2,24,27)(H2,25,29)(H,26,28). The summed E-state index contributed by atoms with van der Waals surface area (Å²) in [6.07, 6.45) is 4.17. The Hall–Kier alpha value is -2.79. The lowest BCUT2D eigenvalue weighted by molar-refractivity contribution is -0.116. The van der Waals surface area contributed by atoms with E-state index in [1.54, 1.807) is 0 Å². The number of aliphatic imine (C=N–C) groups is 1. The molecule has 1 heterocycles. The van der Waals surface area contributed by atoms with Crippen molar-refractivity contribution in [2.24, 2.45) is 27.8 Å². The van der Waals surface area contributed by atoms with E-state index in [1.165, 1.54) is 0 Å². The van der Waals surface area contributed by atoms with Crippen molar-refractivity contribution >= 4 is 35.1 Å². The van der Waals surface area contributed by atoms with Gasteiger partial charge in [0.1, 0.15) is 16.8 Å². The maximum atomic E-state index is 12.5. The molecule has 1 spiro atoms. The quantitative estimate of drug-likeness (QED) is 0.666. The molecule has 1 aliphatic heterocycles. The van der Waals surface area contributed by atoms with E-state index in [2.05, 4.69) is 16.4 Å². The van der Waals surface area contributed by atoms with Gasteiger partial charge in [-0.3, -0.25) is 9.59 Å². The summed E-state index contributed by atoms with van der Waals surface area (Å²) in [4.78, 5) is 29.3. The minimum atomic E-state index is -0.711. The highest BCUT2D eigenvalue weighted by molar-refractivity contribution is 8.03. The van der Waals surface area contributed by atoms with E-state index in [-0.39, 0.29) is 17.5 Å². The molecule has 1 saturated carbocycles. The molecule has 7 nitrogen and oxygen atoms in total. The minimum Gasteiger partial charge on any atom is -0.386 e. The average molecular weight is 426 g/mol. The monoisotopic (exact) mass is 425 g/mol. The van der Waals surface area contributed by atoms with Crippen LogP contribution < -0.4 is 16.8 Å². The average Bonchev–Trinajstić information content (AvgIpc) is 2.69. The predicted octanol–water partition coefficient (Wildman–Crippen LogP) is 3.13. The molecule has 3 rings (SSSR count). The van der Waals surface area contributed by atoms with E-state index >= 15 is 0 Å². The zero-order chi connectivity index (χ0) is 21.9. The van der Waals surface area contributed by atoms with E-state index in [1.807, 2.05) is 32.0 Å². The van der Waals surface area contributed by atoms with Crippen LogP contribution in [-0.4, -0.2) is 23.4 Å². The molecule has 1 unspecified atom stereocenters. The number of hydrogen-bond acceptors (Lipinski definition) is 6. The van der Waals surface area contributed by atoms with Crippen LogP contribution in [-0.2, 0) is 9.59 Å². The van der Waals surface area contributed by atoms with Gasteiger partial charge in [-0.2, -0.15) is 5.26 Å². The van der Waals surface area contributed by atoms with Crippen molar-refractivity contribution in [3.05, 3.63) is 39.9 Å². The number of aryl methyl sites for hydroxylation is 2. The number of primary amides is 1. The molecule has 2 aliphatic rings. The first kappa shape index (κ1) is 21.9. The fourth-order valence-electron chi connectivity index (χ4n) is 4.39. The number of benzene rings is 1. The second-order valence-corrected chi connectivity index (χ2v) is 8.96. The molecule has 1 aliphatic carbocycles. The Bertz CT molecular complexity index is 970. The van der Waals surface area contributed by atoms with Crippen LogP contribution in [0.1, 0.15) is 43.2 Å². The lowest BCUT2D eigenvalue weighted by Crippen LogP contribution is -2.47. The summed E-state index contributed by atoms with van der Waals surface area (Å²) < 4.78 is 0. The van der Waals surface area contributed by atoms with Crippen LogP contribution in [0.5, 0.6) is 0 Å². The number of hydrogen-bond donors (Lipinski definition) is 3. The van der Waals surface area contributed by atoms with Gasteiger partial charge >= 0.3 is 0 Å². The van der Waals surface area contributed by atoms with Crippen molar-refractivity contribution in [1.82, 2.24) is 0 Å². The second kappa shape index (κ2) is 8.92. The number of anilines is 1. The fourth-order valence-corrected chi connectivity index (χ4v) is 5.35. The smallest absolute Gasteiger partial charge is 0.247 e. The Labute approximate surface area is 181 Å². The Morgan fingerprint density at radius 1 is 1.27 bits per heavy atom. The molecule has 158 valence electrons. The molecule has 1 aromatic carbocycles. The van der Waals surface area contributed by atoms with Gasteiger partial charge in [0.25, 0.3) is 0 Å². The molecule has 0 aromatic heterocycles. The Balaban J connectivity index is 1.84. The Kier molecular flexibility index (Phi) is 6.52. The molecule has 2 amide bonds. The van der Waals surface area contributed by atoms with Crippen LogP contribution in [0.25, 0.3) is 0 Å². The number of amidine groups is 1. The van der Waals surface area contributed by atoms with Crippen molar-refractivity contribution < 1.29 is 9.59 Å². The zero-order valence-electron chi connectivity index (χ0n) is 17.3. The molecule has 30 heavy (non-hydrogen) atoms. The predicted molar refractivity (Wildman–Crippen MR) is 119 cm³/mol. The molecule has 0 radical (unpaired) electrons. The summed E-state index contributed by atoms with van der Waals surface area (Å²) in [6, 6.07) is 7.96. The zero-order valence-corrected chi connectivity index (χ0v) is 18.1. The van der Waals surface area contributed by atoms with E-state index in [4.69, 9.17) is 11.5 Å². The molecular formula is C22H27N5O2S. The number of nitriles is 1. The van der Waals surface area contributed by atoms with Gasteiger partial charge in [-0.15, -0.1) is 0 Å². The topological polar surface area (TPSA) is 134 Å². The summed E-state index contributed by atoms with van der Waals surface area (Å²) in [7, 11) is 0. The lowest BCUT2D eigenvalue weighted by atomic mass is 9.60. The number of carbonyl (C=O) groups is 2.